The lowest BCUT2D eigenvalue weighted by Crippen LogP contribution is -2.41. The van der Waals surface area contributed by atoms with E-state index >= 15 is 0 Å². The number of rotatable bonds is 7. The second-order valence-electron chi connectivity index (χ2n) is 5.96. The van der Waals surface area contributed by atoms with Crippen LogP contribution >= 0.6 is 12.4 Å². The summed E-state index contributed by atoms with van der Waals surface area (Å²) in [4.78, 5) is 12.4. The standard InChI is InChI=1S/C17H25FN2O2.ClH/c1-3-17(4-2,11-19)16(21)20-12-8-9-15(14(18)10-12)22-13-6-5-7-13;/h8-10,13H,3-7,11,19H2,1-2H3,(H,20,21);1H. The molecule has 23 heavy (non-hydrogen) atoms. The Labute approximate surface area is 143 Å². The zero-order chi connectivity index (χ0) is 16.2. The molecule has 2 rings (SSSR count). The van der Waals surface area contributed by atoms with Crippen molar-refractivity contribution in [2.45, 2.75) is 52.1 Å². The van der Waals surface area contributed by atoms with Crippen LogP contribution in [0, 0.1) is 11.2 Å². The van der Waals surface area contributed by atoms with E-state index in [4.69, 9.17) is 10.5 Å². The Bertz CT molecular complexity index is 523. The van der Waals surface area contributed by atoms with Gasteiger partial charge in [-0.25, -0.2) is 4.39 Å². The molecule has 1 aromatic carbocycles. The molecule has 4 nitrogen and oxygen atoms in total. The van der Waals surface area contributed by atoms with Gasteiger partial charge < -0.3 is 15.8 Å². The van der Waals surface area contributed by atoms with Crippen molar-refractivity contribution >= 4 is 24.0 Å². The first-order chi connectivity index (χ1) is 10.5. The Hall–Kier alpha value is -1.33. The number of halogens is 2. The van der Waals surface area contributed by atoms with E-state index in [1.165, 1.54) is 6.07 Å². The molecule has 0 unspecified atom stereocenters. The quantitative estimate of drug-likeness (QED) is 0.788. The molecule has 1 fully saturated rings. The van der Waals surface area contributed by atoms with E-state index < -0.39 is 11.2 Å². The number of carbonyl (C=O) groups excluding carboxylic acids is 1. The van der Waals surface area contributed by atoms with Crippen LogP contribution in [0.2, 0.25) is 0 Å². The molecule has 0 aromatic heterocycles. The number of nitrogens with two attached hydrogens (primary N) is 1. The lowest BCUT2D eigenvalue weighted by molar-refractivity contribution is -0.125. The Balaban J connectivity index is 0.00000264. The van der Waals surface area contributed by atoms with E-state index in [2.05, 4.69) is 5.32 Å². The third-order valence-corrected chi connectivity index (χ3v) is 4.76. The molecule has 0 heterocycles. The summed E-state index contributed by atoms with van der Waals surface area (Å²) < 4.78 is 19.6. The first kappa shape index (κ1) is 19.7. The summed E-state index contributed by atoms with van der Waals surface area (Å²) in [5.74, 6) is -0.359. The Morgan fingerprint density at radius 1 is 1.39 bits per heavy atom. The largest absolute Gasteiger partial charge is 0.487 e. The molecule has 6 heteroatoms. The van der Waals surface area contributed by atoms with E-state index in [0.29, 0.717) is 18.5 Å². The van der Waals surface area contributed by atoms with Crippen molar-refractivity contribution in [1.29, 1.82) is 0 Å². The summed E-state index contributed by atoms with van der Waals surface area (Å²) in [6, 6.07) is 4.55. The van der Waals surface area contributed by atoms with Gasteiger partial charge in [0.1, 0.15) is 0 Å². The highest BCUT2D eigenvalue weighted by Crippen LogP contribution is 2.30. The van der Waals surface area contributed by atoms with Crippen molar-refractivity contribution in [3.8, 4) is 5.75 Å². The maximum atomic E-state index is 14.1. The number of amides is 1. The van der Waals surface area contributed by atoms with Crippen molar-refractivity contribution in [3.63, 3.8) is 0 Å². The highest BCUT2D eigenvalue weighted by atomic mass is 35.5. The van der Waals surface area contributed by atoms with E-state index in [9.17, 15) is 9.18 Å². The van der Waals surface area contributed by atoms with E-state index in [0.717, 1.165) is 19.3 Å². The van der Waals surface area contributed by atoms with E-state index in [1.54, 1.807) is 12.1 Å². The second-order valence-corrected chi connectivity index (χ2v) is 5.96. The zero-order valence-corrected chi connectivity index (χ0v) is 14.5. The van der Waals surface area contributed by atoms with Crippen molar-refractivity contribution < 1.29 is 13.9 Å². The Kier molecular flexibility index (Phi) is 7.29. The number of ether oxygens (including phenoxy) is 1. The van der Waals surface area contributed by atoms with Gasteiger partial charge in [0, 0.05) is 18.3 Å². The molecule has 0 saturated heterocycles. The van der Waals surface area contributed by atoms with Crippen molar-refractivity contribution in [2.75, 3.05) is 11.9 Å². The number of anilines is 1. The number of nitrogens with one attached hydrogen (secondary N) is 1. The van der Waals surface area contributed by atoms with Crippen LogP contribution in [0.3, 0.4) is 0 Å². The topological polar surface area (TPSA) is 64.4 Å². The summed E-state index contributed by atoms with van der Waals surface area (Å²) in [7, 11) is 0. The normalized spacial score (nSPS) is 14.6. The van der Waals surface area contributed by atoms with Gasteiger partial charge in [-0.15, -0.1) is 12.4 Å². The van der Waals surface area contributed by atoms with Gasteiger partial charge in [-0.1, -0.05) is 13.8 Å². The van der Waals surface area contributed by atoms with Gasteiger partial charge in [0.25, 0.3) is 0 Å². The highest BCUT2D eigenvalue weighted by Gasteiger charge is 2.33. The first-order valence-corrected chi connectivity index (χ1v) is 8.02. The van der Waals surface area contributed by atoms with Crippen molar-refractivity contribution in [1.82, 2.24) is 0 Å². The van der Waals surface area contributed by atoms with E-state index in [1.807, 2.05) is 13.8 Å². The van der Waals surface area contributed by atoms with Crippen molar-refractivity contribution in [3.05, 3.63) is 24.0 Å². The molecule has 1 aliphatic rings. The van der Waals surface area contributed by atoms with Gasteiger partial charge in [0.2, 0.25) is 5.91 Å². The van der Waals surface area contributed by atoms with E-state index in [-0.39, 0.29) is 36.7 Å². The average Bonchev–Trinajstić information content (AvgIpc) is 2.47. The lowest BCUT2D eigenvalue weighted by Gasteiger charge is -2.29. The molecule has 130 valence electrons. The van der Waals surface area contributed by atoms with Crippen LogP contribution in [-0.2, 0) is 4.79 Å². The van der Waals surface area contributed by atoms with Gasteiger partial charge in [0.15, 0.2) is 11.6 Å². The number of carbonyl (C=O) groups is 1. The number of hydrogen-bond acceptors (Lipinski definition) is 3. The maximum absolute atomic E-state index is 14.1. The van der Waals surface area contributed by atoms with Crippen LogP contribution < -0.4 is 15.8 Å². The summed E-state index contributed by atoms with van der Waals surface area (Å²) in [5, 5.41) is 2.77. The molecule has 1 aliphatic carbocycles. The van der Waals surface area contributed by atoms with Gasteiger partial charge in [-0.05, 0) is 44.2 Å². The number of hydrogen-bond donors (Lipinski definition) is 2. The predicted molar refractivity (Wildman–Crippen MR) is 92.6 cm³/mol. The summed E-state index contributed by atoms with van der Waals surface area (Å²) in [5.41, 5.74) is 5.59. The average molecular weight is 345 g/mol. The fourth-order valence-corrected chi connectivity index (χ4v) is 2.56. The molecule has 0 atom stereocenters. The molecule has 1 amide bonds. The SMILES string of the molecule is CCC(CC)(CN)C(=O)Nc1ccc(OC2CCC2)c(F)c1.Cl. The van der Waals surface area contributed by atoms with Crippen LogP contribution in [0.1, 0.15) is 46.0 Å². The van der Waals surface area contributed by atoms with Crippen LogP contribution in [0.4, 0.5) is 10.1 Å². The summed E-state index contributed by atoms with van der Waals surface area (Å²) in [6.45, 7) is 4.15. The maximum Gasteiger partial charge on any atom is 0.231 e. The summed E-state index contributed by atoms with van der Waals surface area (Å²) >= 11 is 0. The van der Waals surface area contributed by atoms with Crippen LogP contribution in [0.5, 0.6) is 5.75 Å². The third kappa shape index (κ3) is 4.36. The molecule has 3 N–H and O–H groups in total. The fourth-order valence-electron chi connectivity index (χ4n) is 2.56. The minimum atomic E-state index is -0.600. The highest BCUT2D eigenvalue weighted by molar-refractivity contribution is 5.95. The lowest BCUT2D eigenvalue weighted by atomic mass is 9.81. The molecule has 1 saturated carbocycles. The van der Waals surface area contributed by atoms with Crippen LogP contribution in [0.15, 0.2) is 18.2 Å². The Morgan fingerprint density at radius 2 is 2.04 bits per heavy atom. The summed E-state index contributed by atoms with van der Waals surface area (Å²) in [6.07, 6.45) is 4.51. The zero-order valence-electron chi connectivity index (χ0n) is 13.7. The Morgan fingerprint density at radius 3 is 2.48 bits per heavy atom. The third-order valence-electron chi connectivity index (χ3n) is 4.76. The van der Waals surface area contributed by atoms with Crippen LogP contribution in [0.25, 0.3) is 0 Å². The minimum Gasteiger partial charge on any atom is -0.487 e. The molecule has 0 radical (unpaired) electrons. The molecular formula is C17H26ClFN2O2. The van der Waals surface area contributed by atoms with Crippen LogP contribution in [-0.4, -0.2) is 18.6 Å². The molecule has 0 bridgehead atoms. The van der Waals surface area contributed by atoms with Gasteiger partial charge >= 0.3 is 0 Å². The second kappa shape index (κ2) is 8.50. The monoisotopic (exact) mass is 344 g/mol. The molecule has 1 aromatic rings. The predicted octanol–water partition coefficient (Wildman–Crippen LogP) is 3.88. The minimum absolute atomic E-state index is 0. The first-order valence-electron chi connectivity index (χ1n) is 8.02. The molecule has 0 spiro atoms. The molecular weight excluding hydrogens is 319 g/mol. The smallest absolute Gasteiger partial charge is 0.231 e. The van der Waals surface area contributed by atoms with Gasteiger partial charge in [0.05, 0.1) is 11.5 Å². The number of benzene rings is 1. The molecule has 0 aliphatic heterocycles. The van der Waals surface area contributed by atoms with Gasteiger partial charge in [-0.3, -0.25) is 4.79 Å². The van der Waals surface area contributed by atoms with Gasteiger partial charge in [-0.2, -0.15) is 0 Å². The fraction of sp³-hybridized carbons (Fsp3) is 0.588. The van der Waals surface area contributed by atoms with Crippen molar-refractivity contribution in [2.24, 2.45) is 11.1 Å².